The monoisotopic (exact) mass is 373 g/mol. The van der Waals surface area contributed by atoms with Crippen LogP contribution in [-0.4, -0.2) is 37.1 Å². The van der Waals surface area contributed by atoms with E-state index in [9.17, 15) is 9.59 Å². The summed E-state index contributed by atoms with van der Waals surface area (Å²) in [5.74, 6) is 1.60. The third-order valence-corrected chi connectivity index (χ3v) is 4.56. The fourth-order valence-electron chi connectivity index (χ4n) is 2.24. The molecule has 0 spiro atoms. The van der Waals surface area contributed by atoms with Crippen molar-refractivity contribution < 1.29 is 19.1 Å². The number of thioether (sulfide) groups is 1. The highest BCUT2D eigenvalue weighted by Gasteiger charge is 2.05. The molecule has 6 heteroatoms. The lowest BCUT2D eigenvalue weighted by molar-refractivity contribution is -0.113. The summed E-state index contributed by atoms with van der Waals surface area (Å²) in [7, 11) is 1.35. The van der Waals surface area contributed by atoms with E-state index >= 15 is 0 Å². The van der Waals surface area contributed by atoms with Gasteiger partial charge in [-0.15, -0.1) is 0 Å². The Morgan fingerprint density at radius 1 is 1.12 bits per heavy atom. The lowest BCUT2D eigenvalue weighted by Gasteiger charge is -2.07. The van der Waals surface area contributed by atoms with Crippen LogP contribution in [0, 0.1) is 6.92 Å². The zero-order valence-corrected chi connectivity index (χ0v) is 15.8. The van der Waals surface area contributed by atoms with Crippen LogP contribution in [0.15, 0.2) is 48.5 Å². The fraction of sp³-hybridized carbons (Fsp3) is 0.300. The number of hydrogen-bond acceptors (Lipinski definition) is 5. The van der Waals surface area contributed by atoms with E-state index in [1.807, 2.05) is 31.2 Å². The lowest BCUT2D eigenvalue weighted by Crippen LogP contribution is -2.14. The van der Waals surface area contributed by atoms with Crippen LogP contribution in [0.2, 0.25) is 0 Å². The quantitative estimate of drug-likeness (QED) is 0.533. The number of benzene rings is 2. The largest absolute Gasteiger partial charge is 0.494 e. The molecule has 0 saturated heterocycles. The molecule has 2 aromatic rings. The van der Waals surface area contributed by atoms with Gasteiger partial charge in [0.2, 0.25) is 5.91 Å². The first-order valence-corrected chi connectivity index (χ1v) is 9.49. The molecule has 2 aromatic carbocycles. The summed E-state index contributed by atoms with van der Waals surface area (Å²) < 4.78 is 10.3. The van der Waals surface area contributed by atoms with Gasteiger partial charge in [-0.2, -0.15) is 11.8 Å². The summed E-state index contributed by atoms with van der Waals surface area (Å²) >= 11 is 1.58. The van der Waals surface area contributed by atoms with Gasteiger partial charge in [0.15, 0.2) is 0 Å². The summed E-state index contributed by atoms with van der Waals surface area (Å²) in [4.78, 5) is 23.2. The van der Waals surface area contributed by atoms with Gasteiger partial charge in [-0.1, -0.05) is 12.1 Å². The standard InChI is InChI=1S/C20H23NO4S/c1-15-5-3-6-17(13-15)21-19(22)14-26-12-4-11-25-18-9-7-16(8-10-18)20(23)24-2/h3,5-10,13H,4,11-12,14H2,1-2H3,(H,21,22). The van der Waals surface area contributed by atoms with E-state index in [1.165, 1.54) is 7.11 Å². The van der Waals surface area contributed by atoms with Crippen LogP contribution in [0.5, 0.6) is 5.75 Å². The van der Waals surface area contributed by atoms with Gasteiger partial charge >= 0.3 is 5.97 Å². The Morgan fingerprint density at radius 3 is 2.58 bits per heavy atom. The maximum Gasteiger partial charge on any atom is 0.337 e. The first-order valence-electron chi connectivity index (χ1n) is 8.34. The molecule has 0 aliphatic carbocycles. The molecule has 0 unspecified atom stereocenters. The van der Waals surface area contributed by atoms with E-state index < -0.39 is 0 Å². The smallest absolute Gasteiger partial charge is 0.337 e. The summed E-state index contributed by atoms with van der Waals surface area (Å²) in [6.07, 6.45) is 0.834. The van der Waals surface area contributed by atoms with Crippen molar-refractivity contribution in [1.82, 2.24) is 0 Å². The molecule has 0 atom stereocenters. The Bertz CT molecular complexity index is 731. The summed E-state index contributed by atoms with van der Waals surface area (Å²) in [5, 5.41) is 2.89. The first-order chi connectivity index (χ1) is 12.6. The maximum absolute atomic E-state index is 11.9. The minimum Gasteiger partial charge on any atom is -0.494 e. The molecule has 1 N–H and O–H groups in total. The molecule has 0 aliphatic heterocycles. The molecule has 5 nitrogen and oxygen atoms in total. The highest BCUT2D eigenvalue weighted by atomic mass is 32.2. The highest BCUT2D eigenvalue weighted by molar-refractivity contribution is 7.99. The molecule has 1 amide bonds. The molecule has 138 valence electrons. The second kappa shape index (κ2) is 10.5. The summed E-state index contributed by atoms with van der Waals surface area (Å²) in [6, 6.07) is 14.6. The Kier molecular flexibility index (Phi) is 8.02. The van der Waals surface area contributed by atoms with E-state index in [0.717, 1.165) is 23.4 Å². The van der Waals surface area contributed by atoms with Gasteiger partial charge in [0.1, 0.15) is 5.75 Å². The molecule has 0 aromatic heterocycles. The van der Waals surface area contributed by atoms with Crippen molar-refractivity contribution in [3.63, 3.8) is 0 Å². The Morgan fingerprint density at radius 2 is 1.88 bits per heavy atom. The van der Waals surface area contributed by atoms with E-state index in [1.54, 1.807) is 36.0 Å². The van der Waals surface area contributed by atoms with Gasteiger partial charge in [-0.3, -0.25) is 4.79 Å². The second-order valence-electron chi connectivity index (χ2n) is 5.69. The predicted octanol–water partition coefficient (Wildman–Crippen LogP) is 3.92. The van der Waals surface area contributed by atoms with E-state index in [2.05, 4.69) is 10.1 Å². The van der Waals surface area contributed by atoms with Crippen LogP contribution in [0.1, 0.15) is 22.3 Å². The van der Waals surface area contributed by atoms with Crippen molar-refractivity contribution in [2.24, 2.45) is 0 Å². The van der Waals surface area contributed by atoms with Gasteiger partial charge in [0.25, 0.3) is 0 Å². The molecule has 26 heavy (non-hydrogen) atoms. The number of ether oxygens (including phenoxy) is 2. The third-order valence-electron chi connectivity index (χ3n) is 3.51. The van der Waals surface area contributed by atoms with Crippen LogP contribution in [0.25, 0.3) is 0 Å². The number of anilines is 1. The number of rotatable bonds is 9. The second-order valence-corrected chi connectivity index (χ2v) is 6.79. The number of methoxy groups -OCH3 is 1. The normalized spacial score (nSPS) is 10.2. The van der Waals surface area contributed by atoms with Crippen LogP contribution in [0.3, 0.4) is 0 Å². The predicted molar refractivity (Wildman–Crippen MR) is 105 cm³/mol. The van der Waals surface area contributed by atoms with Gasteiger partial charge < -0.3 is 14.8 Å². The van der Waals surface area contributed by atoms with Crippen molar-refractivity contribution in [1.29, 1.82) is 0 Å². The summed E-state index contributed by atoms with van der Waals surface area (Å²) in [5.41, 5.74) is 2.44. The molecular formula is C20H23NO4S. The molecule has 2 rings (SSSR count). The first kappa shape index (κ1) is 19.8. The SMILES string of the molecule is COC(=O)c1ccc(OCCCSCC(=O)Nc2cccc(C)c2)cc1. The Balaban J connectivity index is 1.59. The number of esters is 1. The van der Waals surface area contributed by atoms with Crippen LogP contribution in [-0.2, 0) is 9.53 Å². The number of carbonyl (C=O) groups excluding carboxylic acids is 2. The van der Waals surface area contributed by atoms with Gasteiger partial charge in [-0.25, -0.2) is 4.79 Å². The minimum atomic E-state index is -0.364. The fourth-order valence-corrected chi connectivity index (χ4v) is 2.96. The van der Waals surface area contributed by atoms with E-state index in [-0.39, 0.29) is 11.9 Å². The van der Waals surface area contributed by atoms with Crippen molar-refractivity contribution >= 4 is 29.3 Å². The molecule has 0 fully saturated rings. The third kappa shape index (κ3) is 6.80. The maximum atomic E-state index is 11.9. The topological polar surface area (TPSA) is 64.6 Å². The molecular weight excluding hydrogens is 350 g/mol. The average molecular weight is 373 g/mol. The number of aryl methyl sites for hydroxylation is 1. The highest BCUT2D eigenvalue weighted by Crippen LogP contribution is 2.14. The average Bonchev–Trinajstić information content (AvgIpc) is 2.64. The number of nitrogens with one attached hydrogen (secondary N) is 1. The van der Waals surface area contributed by atoms with Gasteiger partial charge in [0, 0.05) is 5.69 Å². The molecule has 0 saturated carbocycles. The van der Waals surface area contributed by atoms with Crippen LogP contribution in [0.4, 0.5) is 5.69 Å². The van der Waals surface area contributed by atoms with Crippen LogP contribution < -0.4 is 10.1 Å². The number of hydrogen-bond donors (Lipinski definition) is 1. The molecule has 0 heterocycles. The summed E-state index contributed by atoms with van der Waals surface area (Å²) in [6.45, 7) is 2.55. The Hall–Kier alpha value is -2.47. The van der Waals surface area contributed by atoms with Crippen molar-refractivity contribution in [2.45, 2.75) is 13.3 Å². The Labute approximate surface area is 158 Å². The molecule has 0 radical (unpaired) electrons. The zero-order valence-electron chi connectivity index (χ0n) is 15.0. The number of amides is 1. The van der Waals surface area contributed by atoms with Crippen molar-refractivity contribution in [2.75, 3.05) is 30.5 Å². The van der Waals surface area contributed by atoms with Gasteiger partial charge in [-0.05, 0) is 61.1 Å². The van der Waals surface area contributed by atoms with Gasteiger partial charge in [0.05, 0.1) is 25.0 Å². The lowest BCUT2D eigenvalue weighted by atomic mass is 10.2. The molecule has 0 bridgehead atoms. The zero-order chi connectivity index (χ0) is 18.8. The van der Waals surface area contributed by atoms with Crippen LogP contribution >= 0.6 is 11.8 Å². The minimum absolute atomic E-state index is 0.0000765. The van der Waals surface area contributed by atoms with Crippen molar-refractivity contribution in [3.05, 3.63) is 59.7 Å². The van der Waals surface area contributed by atoms with E-state index in [4.69, 9.17) is 4.74 Å². The van der Waals surface area contributed by atoms with E-state index in [0.29, 0.717) is 23.7 Å². The van der Waals surface area contributed by atoms with Crippen molar-refractivity contribution in [3.8, 4) is 5.75 Å². The number of carbonyl (C=O) groups is 2. The molecule has 0 aliphatic rings.